The fourth-order valence-corrected chi connectivity index (χ4v) is 1.11. The van der Waals surface area contributed by atoms with Crippen LogP contribution in [0.25, 0.3) is 0 Å². The van der Waals surface area contributed by atoms with Crippen molar-refractivity contribution < 1.29 is 19.4 Å². The first-order chi connectivity index (χ1) is 7.51. The van der Waals surface area contributed by atoms with Crippen molar-refractivity contribution in [2.24, 2.45) is 0 Å². The van der Waals surface area contributed by atoms with Crippen LogP contribution in [0.15, 0.2) is 0 Å². The van der Waals surface area contributed by atoms with Gasteiger partial charge in [0.2, 0.25) is 5.91 Å². The third-order valence-corrected chi connectivity index (χ3v) is 2.13. The molecular formula is C11H17NO4. The van der Waals surface area contributed by atoms with E-state index in [9.17, 15) is 9.59 Å². The number of hydrogen-bond donors (Lipinski definition) is 1. The van der Waals surface area contributed by atoms with E-state index in [-0.39, 0.29) is 31.5 Å². The molecule has 0 radical (unpaired) electrons. The second kappa shape index (κ2) is 7.71. The monoisotopic (exact) mass is 227 g/mol. The van der Waals surface area contributed by atoms with Gasteiger partial charge in [-0.05, 0) is 13.3 Å². The molecular weight excluding hydrogens is 210 g/mol. The Morgan fingerprint density at radius 2 is 2.19 bits per heavy atom. The number of amides is 1. The molecule has 0 aromatic rings. The van der Waals surface area contributed by atoms with Crippen molar-refractivity contribution in [3.05, 3.63) is 0 Å². The largest absolute Gasteiger partial charge is 0.480 e. The Hall–Kier alpha value is -1.54. The van der Waals surface area contributed by atoms with Gasteiger partial charge in [0, 0.05) is 13.5 Å². The lowest BCUT2D eigenvalue weighted by Crippen LogP contribution is -2.36. The Morgan fingerprint density at radius 1 is 1.56 bits per heavy atom. The summed E-state index contributed by atoms with van der Waals surface area (Å²) in [6, 6.07) is 0. The highest BCUT2D eigenvalue weighted by Crippen LogP contribution is 2.03. The van der Waals surface area contributed by atoms with E-state index in [2.05, 4.69) is 5.92 Å². The molecule has 0 saturated carbocycles. The van der Waals surface area contributed by atoms with E-state index in [0.29, 0.717) is 6.42 Å². The minimum Gasteiger partial charge on any atom is -0.480 e. The summed E-state index contributed by atoms with van der Waals surface area (Å²) in [5.41, 5.74) is 0. The summed E-state index contributed by atoms with van der Waals surface area (Å²) in [6.45, 7) is 1.51. The first kappa shape index (κ1) is 14.5. The maximum Gasteiger partial charge on any atom is 0.323 e. The molecule has 0 rings (SSSR count). The zero-order chi connectivity index (χ0) is 12.6. The van der Waals surface area contributed by atoms with E-state index in [4.69, 9.17) is 16.3 Å². The summed E-state index contributed by atoms with van der Waals surface area (Å²) in [6.07, 6.45) is 5.83. The van der Waals surface area contributed by atoms with Gasteiger partial charge in [0.25, 0.3) is 0 Å². The van der Waals surface area contributed by atoms with Crippen LogP contribution in [0.2, 0.25) is 0 Å². The highest BCUT2D eigenvalue weighted by atomic mass is 16.5. The molecule has 0 saturated heterocycles. The van der Waals surface area contributed by atoms with E-state index in [1.165, 1.54) is 0 Å². The maximum absolute atomic E-state index is 11.6. The Morgan fingerprint density at radius 3 is 2.62 bits per heavy atom. The highest BCUT2D eigenvalue weighted by molar-refractivity contribution is 5.81. The number of carboxylic acid groups (broad SMARTS) is 1. The van der Waals surface area contributed by atoms with E-state index in [1.807, 2.05) is 6.92 Å². The predicted molar refractivity (Wildman–Crippen MR) is 58.8 cm³/mol. The van der Waals surface area contributed by atoms with Crippen molar-refractivity contribution in [1.82, 2.24) is 4.90 Å². The molecule has 0 aromatic heterocycles. The number of terminal acetylenes is 1. The number of aliphatic carboxylic acids is 1. The lowest BCUT2D eigenvalue weighted by Gasteiger charge is -2.18. The number of carbonyl (C=O) groups is 2. The van der Waals surface area contributed by atoms with Crippen molar-refractivity contribution in [1.29, 1.82) is 0 Å². The SMILES string of the molecule is C#CCN(CC(=O)O)C(=O)CCC(C)OC. The lowest BCUT2D eigenvalue weighted by molar-refractivity contribution is -0.144. The highest BCUT2D eigenvalue weighted by Gasteiger charge is 2.16. The number of hydrogen-bond acceptors (Lipinski definition) is 3. The van der Waals surface area contributed by atoms with Crippen LogP contribution in [-0.2, 0) is 14.3 Å². The summed E-state index contributed by atoms with van der Waals surface area (Å²) in [4.78, 5) is 23.2. The molecule has 0 aromatic carbocycles. The average Bonchev–Trinajstić information content (AvgIpc) is 2.24. The van der Waals surface area contributed by atoms with Crippen molar-refractivity contribution in [2.45, 2.75) is 25.9 Å². The van der Waals surface area contributed by atoms with Crippen molar-refractivity contribution in [3.8, 4) is 12.3 Å². The van der Waals surface area contributed by atoms with Gasteiger partial charge in [-0.2, -0.15) is 0 Å². The minimum atomic E-state index is -1.07. The zero-order valence-corrected chi connectivity index (χ0v) is 9.60. The van der Waals surface area contributed by atoms with E-state index in [1.54, 1.807) is 7.11 Å². The quantitative estimate of drug-likeness (QED) is 0.637. The van der Waals surface area contributed by atoms with Crippen molar-refractivity contribution >= 4 is 11.9 Å². The van der Waals surface area contributed by atoms with Gasteiger partial charge in [0.05, 0.1) is 12.6 Å². The van der Waals surface area contributed by atoms with E-state index >= 15 is 0 Å². The fourth-order valence-electron chi connectivity index (χ4n) is 1.11. The molecule has 1 amide bonds. The number of rotatable bonds is 7. The Bertz CT molecular complexity index is 282. The van der Waals surface area contributed by atoms with Gasteiger partial charge >= 0.3 is 5.97 Å². The molecule has 5 nitrogen and oxygen atoms in total. The zero-order valence-electron chi connectivity index (χ0n) is 9.60. The van der Waals surface area contributed by atoms with Crippen LogP contribution in [0, 0.1) is 12.3 Å². The van der Waals surface area contributed by atoms with Crippen LogP contribution in [0.4, 0.5) is 0 Å². The molecule has 0 aliphatic rings. The predicted octanol–water partition coefficient (Wildman–Crippen LogP) is 0.348. The number of methoxy groups -OCH3 is 1. The number of ether oxygens (including phenoxy) is 1. The van der Waals surface area contributed by atoms with Gasteiger partial charge in [-0.1, -0.05) is 5.92 Å². The first-order valence-electron chi connectivity index (χ1n) is 4.97. The van der Waals surface area contributed by atoms with Crippen LogP contribution >= 0.6 is 0 Å². The summed E-state index contributed by atoms with van der Waals surface area (Å²) in [5, 5.41) is 8.60. The van der Waals surface area contributed by atoms with Crippen LogP contribution in [0.5, 0.6) is 0 Å². The van der Waals surface area contributed by atoms with Gasteiger partial charge in [0.1, 0.15) is 6.54 Å². The summed E-state index contributed by atoms with van der Waals surface area (Å²) < 4.78 is 4.99. The number of carbonyl (C=O) groups excluding carboxylic acids is 1. The molecule has 0 bridgehead atoms. The second-order valence-corrected chi connectivity index (χ2v) is 3.43. The third-order valence-electron chi connectivity index (χ3n) is 2.13. The molecule has 0 spiro atoms. The van der Waals surface area contributed by atoms with Gasteiger partial charge in [-0.25, -0.2) is 0 Å². The van der Waals surface area contributed by atoms with Crippen LogP contribution < -0.4 is 0 Å². The smallest absolute Gasteiger partial charge is 0.323 e. The molecule has 0 aliphatic carbocycles. The molecule has 1 unspecified atom stereocenters. The summed E-state index contributed by atoms with van der Waals surface area (Å²) in [5.74, 6) is 0.940. The Kier molecular flexibility index (Phi) is 6.97. The normalized spacial score (nSPS) is 11.6. The van der Waals surface area contributed by atoms with Gasteiger partial charge in [-0.15, -0.1) is 6.42 Å². The molecule has 0 aliphatic heterocycles. The summed E-state index contributed by atoms with van der Waals surface area (Å²) in [7, 11) is 1.56. The Labute approximate surface area is 95.4 Å². The molecule has 90 valence electrons. The van der Waals surface area contributed by atoms with Crippen molar-refractivity contribution in [3.63, 3.8) is 0 Å². The number of carboxylic acids is 1. The van der Waals surface area contributed by atoms with E-state index < -0.39 is 5.97 Å². The average molecular weight is 227 g/mol. The van der Waals surface area contributed by atoms with Gasteiger partial charge in [0.15, 0.2) is 0 Å². The first-order valence-corrected chi connectivity index (χ1v) is 4.97. The number of nitrogens with zero attached hydrogens (tertiary/aromatic N) is 1. The third kappa shape index (κ3) is 6.04. The van der Waals surface area contributed by atoms with Gasteiger partial charge in [-0.3, -0.25) is 9.59 Å². The molecule has 16 heavy (non-hydrogen) atoms. The molecule has 0 heterocycles. The second-order valence-electron chi connectivity index (χ2n) is 3.43. The van der Waals surface area contributed by atoms with Crippen molar-refractivity contribution in [2.75, 3.05) is 20.2 Å². The van der Waals surface area contributed by atoms with Crippen LogP contribution in [0.3, 0.4) is 0 Å². The van der Waals surface area contributed by atoms with Crippen LogP contribution in [-0.4, -0.2) is 48.2 Å². The maximum atomic E-state index is 11.6. The summed E-state index contributed by atoms with van der Waals surface area (Å²) >= 11 is 0. The lowest BCUT2D eigenvalue weighted by atomic mass is 10.2. The molecule has 1 N–H and O–H groups in total. The fraction of sp³-hybridized carbons (Fsp3) is 0.636. The Balaban J connectivity index is 4.17. The topological polar surface area (TPSA) is 66.8 Å². The van der Waals surface area contributed by atoms with Crippen LogP contribution in [0.1, 0.15) is 19.8 Å². The van der Waals surface area contributed by atoms with E-state index in [0.717, 1.165) is 4.90 Å². The standard InChI is InChI=1S/C11H17NO4/c1-4-7-12(8-11(14)15)10(13)6-5-9(2)16-3/h1,9H,5-8H2,2-3H3,(H,14,15). The molecule has 5 heteroatoms. The molecule has 1 atom stereocenters. The minimum absolute atomic E-state index is 0.0203. The molecule has 0 fully saturated rings. The van der Waals surface area contributed by atoms with Gasteiger partial charge < -0.3 is 14.7 Å².